The van der Waals surface area contributed by atoms with Crippen LogP contribution in [-0.4, -0.2) is 22.9 Å². The molecule has 1 saturated heterocycles. The van der Waals surface area contributed by atoms with Crippen LogP contribution in [0.5, 0.6) is 0 Å². The van der Waals surface area contributed by atoms with E-state index < -0.39 is 17.7 Å². The third-order valence-electron chi connectivity index (χ3n) is 5.03. The molecule has 0 bridgehead atoms. The molecule has 4 nitrogen and oxygen atoms in total. The van der Waals surface area contributed by atoms with Crippen LogP contribution < -0.4 is 0 Å². The van der Waals surface area contributed by atoms with E-state index in [2.05, 4.69) is 0 Å². The summed E-state index contributed by atoms with van der Waals surface area (Å²) < 4.78 is 6.08. The van der Waals surface area contributed by atoms with Crippen LogP contribution in [0.3, 0.4) is 0 Å². The molecule has 0 aliphatic carbocycles. The third-order valence-corrected chi connectivity index (χ3v) is 5.03. The van der Waals surface area contributed by atoms with Gasteiger partial charge in [0, 0.05) is 17.5 Å². The molecule has 3 rings (SSSR count). The van der Waals surface area contributed by atoms with Gasteiger partial charge in [0.2, 0.25) is 5.91 Å². The number of nitrogens with zero attached hydrogens (tertiary/aromatic N) is 1. The van der Waals surface area contributed by atoms with Gasteiger partial charge in [0.25, 0.3) is 0 Å². The fraction of sp³-hybridized carbons (Fsp3) is 0.391. The van der Waals surface area contributed by atoms with Gasteiger partial charge in [-0.05, 0) is 11.8 Å². The third kappa shape index (κ3) is 3.36. The van der Waals surface area contributed by atoms with Crippen LogP contribution in [0.15, 0.2) is 60.7 Å². The number of benzene rings is 2. The highest BCUT2D eigenvalue weighted by Gasteiger charge is 2.59. The topological polar surface area (TPSA) is 46.6 Å². The molecule has 1 heterocycles. The van der Waals surface area contributed by atoms with E-state index in [0.717, 1.165) is 11.1 Å². The molecule has 0 unspecified atom stereocenters. The Labute approximate surface area is 161 Å². The first-order valence-electron chi connectivity index (χ1n) is 9.54. The molecule has 0 saturated carbocycles. The zero-order chi connectivity index (χ0) is 19.6. The Hall–Kier alpha value is -2.62. The van der Waals surface area contributed by atoms with Crippen LogP contribution in [0.25, 0.3) is 0 Å². The predicted molar refractivity (Wildman–Crippen MR) is 105 cm³/mol. The molecule has 1 aliphatic rings. The van der Waals surface area contributed by atoms with Crippen molar-refractivity contribution in [1.29, 1.82) is 0 Å². The van der Waals surface area contributed by atoms with Crippen molar-refractivity contribution in [3.05, 3.63) is 71.8 Å². The van der Waals surface area contributed by atoms with Gasteiger partial charge in [0.15, 0.2) is 5.60 Å². The van der Waals surface area contributed by atoms with Crippen LogP contribution >= 0.6 is 0 Å². The van der Waals surface area contributed by atoms with Crippen molar-refractivity contribution in [3.8, 4) is 0 Å². The van der Waals surface area contributed by atoms with Crippen molar-refractivity contribution >= 4 is 12.0 Å². The van der Waals surface area contributed by atoms with Gasteiger partial charge in [-0.15, -0.1) is 0 Å². The summed E-state index contributed by atoms with van der Waals surface area (Å²) in [5.41, 5.74) is 0.742. The zero-order valence-electron chi connectivity index (χ0n) is 16.4. The average Bonchev–Trinajstić information content (AvgIpc) is 2.97. The van der Waals surface area contributed by atoms with Crippen LogP contribution in [0.2, 0.25) is 0 Å². The smallest absolute Gasteiger partial charge is 0.418 e. The molecule has 4 heteroatoms. The summed E-state index contributed by atoms with van der Waals surface area (Å²) in [5, 5.41) is 0. The Morgan fingerprint density at radius 1 is 0.963 bits per heavy atom. The summed E-state index contributed by atoms with van der Waals surface area (Å²) in [6, 6.07) is 19.1. The van der Waals surface area contributed by atoms with Crippen LogP contribution in [-0.2, 0) is 15.1 Å². The number of hydrogen-bond acceptors (Lipinski definition) is 3. The van der Waals surface area contributed by atoms with E-state index in [-0.39, 0.29) is 17.7 Å². The summed E-state index contributed by atoms with van der Waals surface area (Å²) in [5.74, 6) is 0.0111. The number of ether oxygens (including phenoxy) is 1. The predicted octanol–water partition coefficient (Wildman–Crippen LogP) is 4.98. The molecular weight excluding hydrogens is 338 g/mol. The van der Waals surface area contributed by atoms with Crippen molar-refractivity contribution < 1.29 is 14.3 Å². The van der Waals surface area contributed by atoms with Gasteiger partial charge in [-0.3, -0.25) is 4.79 Å². The minimum absolute atomic E-state index is 0.0213. The lowest BCUT2D eigenvalue weighted by molar-refractivity contribution is -0.131. The summed E-state index contributed by atoms with van der Waals surface area (Å²) in [4.78, 5) is 27.3. The average molecular weight is 365 g/mol. The van der Waals surface area contributed by atoms with E-state index in [1.165, 1.54) is 4.90 Å². The number of imide groups is 1. The molecule has 2 aromatic rings. The molecule has 142 valence electrons. The Kier molecular flexibility index (Phi) is 5.36. The van der Waals surface area contributed by atoms with Crippen molar-refractivity contribution in [2.45, 2.75) is 45.8 Å². The minimum Gasteiger partial charge on any atom is -0.430 e. The lowest BCUT2D eigenvalue weighted by atomic mass is 9.75. The van der Waals surface area contributed by atoms with Gasteiger partial charge in [0.1, 0.15) is 0 Å². The van der Waals surface area contributed by atoms with Gasteiger partial charge >= 0.3 is 6.09 Å². The first-order valence-corrected chi connectivity index (χ1v) is 9.54. The number of hydrogen-bond donors (Lipinski definition) is 0. The lowest BCUT2D eigenvalue weighted by Gasteiger charge is -2.37. The molecule has 0 spiro atoms. The largest absolute Gasteiger partial charge is 0.430 e. The first kappa shape index (κ1) is 19.2. The Morgan fingerprint density at radius 3 is 1.85 bits per heavy atom. The maximum Gasteiger partial charge on any atom is 0.418 e. The van der Waals surface area contributed by atoms with Gasteiger partial charge in [0.05, 0.1) is 6.04 Å². The highest BCUT2D eigenvalue weighted by atomic mass is 16.6. The normalized spacial score (nSPS) is 18.8. The van der Waals surface area contributed by atoms with Crippen molar-refractivity contribution in [2.75, 3.05) is 0 Å². The summed E-state index contributed by atoms with van der Waals surface area (Å²) in [6.45, 7) is 8.02. The van der Waals surface area contributed by atoms with Gasteiger partial charge < -0.3 is 4.74 Å². The SMILES string of the molecule is CC(C)CC(=O)N1C(=O)OC(c2ccccc2)(c2ccccc2)[C@@H]1C(C)C. The van der Waals surface area contributed by atoms with Gasteiger partial charge in [-0.1, -0.05) is 88.4 Å². The molecule has 0 aromatic heterocycles. The van der Waals surface area contributed by atoms with E-state index in [4.69, 9.17) is 4.74 Å². The molecule has 0 N–H and O–H groups in total. The van der Waals surface area contributed by atoms with Crippen molar-refractivity contribution in [1.82, 2.24) is 4.90 Å². The van der Waals surface area contributed by atoms with E-state index in [9.17, 15) is 9.59 Å². The standard InChI is InChI=1S/C23H27NO3/c1-16(2)15-20(25)24-21(17(3)4)23(27-22(24)26,18-11-7-5-8-12-18)19-13-9-6-10-14-19/h5-14,16-17,21H,15H2,1-4H3/t21-/m0/s1. The Balaban J connectivity index is 2.21. The number of carbonyl (C=O) groups is 2. The highest BCUT2D eigenvalue weighted by Crippen LogP contribution is 2.47. The highest BCUT2D eigenvalue weighted by molar-refractivity contribution is 5.94. The molecule has 1 atom stereocenters. The Bertz CT molecular complexity index is 759. The van der Waals surface area contributed by atoms with Crippen LogP contribution in [0, 0.1) is 11.8 Å². The number of amides is 2. The number of carbonyl (C=O) groups excluding carboxylic acids is 2. The number of rotatable bonds is 5. The fourth-order valence-electron chi connectivity index (χ4n) is 4.01. The second-order valence-corrected chi connectivity index (χ2v) is 7.89. The maximum atomic E-state index is 13.0. The van der Waals surface area contributed by atoms with Crippen molar-refractivity contribution in [3.63, 3.8) is 0 Å². The van der Waals surface area contributed by atoms with Crippen molar-refractivity contribution in [2.24, 2.45) is 11.8 Å². The van der Waals surface area contributed by atoms with E-state index in [1.807, 2.05) is 88.4 Å². The fourth-order valence-corrected chi connectivity index (χ4v) is 4.01. The second kappa shape index (κ2) is 7.55. The molecule has 0 radical (unpaired) electrons. The van der Waals surface area contributed by atoms with Crippen LogP contribution in [0.1, 0.15) is 45.2 Å². The molecule has 1 fully saturated rings. The quantitative estimate of drug-likeness (QED) is 0.751. The molecule has 2 amide bonds. The maximum absolute atomic E-state index is 13.0. The molecular formula is C23H27NO3. The molecule has 1 aliphatic heterocycles. The zero-order valence-corrected chi connectivity index (χ0v) is 16.4. The monoisotopic (exact) mass is 365 g/mol. The van der Waals surface area contributed by atoms with E-state index >= 15 is 0 Å². The summed E-state index contributed by atoms with van der Waals surface area (Å²) in [7, 11) is 0. The van der Waals surface area contributed by atoms with E-state index in [0.29, 0.717) is 6.42 Å². The lowest BCUT2D eigenvalue weighted by Crippen LogP contribution is -2.50. The van der Waals surface area contributed by atoms with E-state index in [1.54, 1.807) is 0 Å². The minimum atomic E-state index is -1.01. The second-order valence-electron chi connectivity index (χ2n) is 7.89. The molecule has 27 heavy (non-hydrogen) atoms. The van der Waals surface area contributed by atoms with Gasteiger partial charge in [-0.25, -0.2) is 9.69 Å². The van der Waals surface area contributed by atoms with Crippen LogP contribution in [0.4, 0.5) is 4.79 Å². The summed E-state index contributed by atoms with van der Waals surface area (Å²) in [6.07, 6.45) is -0.245. The van der Waals surface area contributed by atoms with Gasteiger partial charge in [-0.2, -0.15) is 0 Å². The molecule has 2 aromatic carbocycles. The number of cyclic esters (lactones) is 1. The Morgan fingerprint density at radius 2 is 1.44 bits per heavy atom. The first-order chi connectivity index (χ1) is 12.9. The summed E-state index contributed by atoms with van der Waals surface area (Å²) >= 11 is 0.